The van der Waals surface area contributed by atoms with Gasteiger partial charge < -0.3 is 14.5 Å². The van der Waals surface area contributed by atoms with Gasteiger partial charge in [0.05, 0.1) is 17.4 Å². The summed E-state index contributed by atoms with van der Waals surface area (Å²) in [4.78, 5) is 19.1. The molecule has 0 aromatic carbocycles. The first-order valence-electron chi connectivity index (χ1n) is 7.70. The molecule has 134 valence electrons. The third-order valence-electron chi connectivity index (χ3n) is 3.82. The van der Waals surface area contributed by atoms with Gasteiger partial charge in [0, 0.05) is 32.4 Å². The van der Waals surface area contributed by atoms with Crippen molar-refractivity contribution >= 4 is 11.8 Å². The van der Waals surface area contributed by atoms with E-state index in [0.29, 0.717) is 25.2 Å². The molecule has 0 N–H and O–H groups in total. The maximum Gasteiger partial charge on any atom is 0.417 e. The highest BCUT2D eigenvalue weighted by Crippen LogP contribution is 2.31. The Morgan fingerprint density at radius 2 is 2.00 bits per heavy atom. The van der Waals surface area contributed by atoms with Crippen LogP contribution in [0.25, 0.3) is 0 Å². The average Bonchev–Trinajstić information content (AvgIpc) is 2.94. The number of aromatic nitrogens is 1. The molecular weight excluding hydrogens is 323 g/mol. The fraction of sp³-hybridized carbons (Fsp3) is 0.625. The Balaban J connectivity index is 2.04. The largest absolute Gasteiger partial charge is 0.444 e. The average molecular weight is 345 g/mol. The molecule has 5 nitrogen and oxygen atoms in total. The van der Waals surface area contributed by atoms with Gasteiger partial charge in [-0.15, -0.1) is 0 Å². The fourth-order valence-corrected chi connectivity index (χ4v) is 2.54. The molecule has 8 heteroatoms. The lowest BCUT2D eigenvalue weighted by Crippen LogP contribution is -2.39. The topological polar surface area (TPSA) is 45.7 Å². The van der Waals surface area contributed by atoms with Crippen molar-refractivity contribution in [2.45, 2.75) is 45.0 Å². The lowest BCUT2D eigenvalue weighted by molar-refractivity contribution is -0.137. The summed E-state index contributed by atoms with van der Waals surface area (Å²) >= 11 is 0. The zero-order chi connectivity index (χ0) is 18.1. The number of likely N-dealkylation sites (N-methyl/N-ethyl adjacent to an activating group) is 1. The quantitative estimate of drug-likeness (QED) is 0.822. The summed E-state index contributed by atoms with van der Waals surface area (Å²) in [6.07, 6.45) is -1.97. The van der Waals surface area contributed by atoms with Crippen LogP contribution in [-0.2, 0) is 10.9 Å². The van der Waals surface area contributed by atoms with Gasteiger partial charge in [0.1, 0.15) is 5.60 Å². The molecular formula is C16H22F3N3O2. The van der Waals surface area contributed by atoms with Gasteiger partial charge in [0.15, 0.2) is 0 Å². The molecule has 1 atom stereocenters. The molecule has 1 aliphatic heterocycles. The molecule has 0 unspecified atom stereocenters. The summed E-state index contributed by atoms with van der Waals surface area (Å²) in [5.74, 6) is 0. The Labute approximate surface area is 139 Å². The Hall–Kier alpha value is -1.99. The van der Waals surface area contributed by atoms with Gasteiger partial charge in [-0.2, -0.15) is 13.2 Å². The zero-order valence-electron chi connectivity index (χ0n) is 14.2. The SMILES string of the molecule is CN(c1cncc(C(F)(F)F)c1)[C@H]1CCN(C(=O)OC(C)(C)C)C1. The highest BCUT2D eigenvalue weighted by Gasteiger charge is 2.34. The number of pyridine rings is 1. The Morgan fingerprint density at radius 3 is 2.58 bits per heavy atom. The van der Waals surface area contributed by atoms with Crippen LogP contribution >= 0.6 is 0 Å². The van der Waals surface area contributed by atoms with Gasteiger partial charge in [0.25, 0.3) is 0 Å². The summed E-state index contributed by atoms with van der Waals surface area (Å²) in [6, 6.07) is 0.992. The minimum atomic E-state index is -4.43. The van der Waals surface area contributed by atoms with Gasteiger partial charge in [-0.3, -0.25) is 4.98 Å². The van der Waals surface area contributed by atoms with Gasteiger partial charge >= 0.3 is 12.3 Å². The van der Waals surface area contributed by atoms with E-state index >= 15 is 0 Å². The van der Waals surface area contributed by atoms with Crippen LogP contribution in [0, 0.1) is 0 Å². The molecule has 2 rings (SSSR count). The van der Waals surface area contributed by atoms with E-state index < -0.39 is 23.4 Å². The number of hydrogen-bond donors (Lipinski definition) is 0. The van der Waals surface area contributed by atoms with E-state index in [4.69, 9.17) is 4.74 Å². The number of likely N-dealkylation sites (tertiary alicyclic amines) is 1. The summed E-state index contributed by atoms with van der Waals surface area (Å²) in [7, 11) is 1.71. The fourth-order valence-electron chi connectivity index (χ4n) is 2.54. The molecule has 1 amide bonds. The van der Waals surface area contributed by atoms with E-state index in [-0.39, 0.29) is 6.04 Å². The number of rotatable bonds is 2. The second kappa shape index (κ2) is 6.49. The smallest absolute Gasteiger partial charge is 0.417 e. The monoisotopic (exact) mass is 345 g/mol. The molecule has 0 bridgehead atoms. The Bertz CT molecular complexity index is 599. The van der Waals surface area contributed by atoms with Gasteiger partial charge in [-0.25, -0.2) is 4.79 Å². The van der Waals surface area contributed by atoms with Crippen molar-refractivity contribution in [3.8, 4) is 0 Å². The highest BCUT2D eigenvalue weighted by atomic mass is 19.4. The van der Waals surface area contributed by atoms with Crippen LogP contribution in [0.3, 0.4) is 0 Å². The van der Waals surface area contributed by atoms with Gasteiger partial charge in [0.2, 0.25) is 0 Å². The Kier molecular flexibility index (Phi) is 4.96. The van der Waals surface area contributed by atoms with E-state index in [1.807, 2.05) is 0 Å². The molecule has 1 aromatic rings. The number of hydrogen-bond acceptors (Lipinski definition) is 4. The minimum Gasteiger partial charge on any atom is -0.444 e. The predicted octanol–water partition coefficient (Wildman–Crippen LogP) is 3.55. The number of nitrogens with zero attached hydrogens (tertiary/aromatic N) is 3. The van der Waals surface area contributed by atoms with Crippen LogP contribution in [0.5, 0.6) is 0 Å². The number of carbonyl (C=O) groups is 1. The first-order chi connectivity index (χ1) is 11.0. The summed E-state index contributed by atoms with van der Waals surface area (Å²) in [5.41, 5.74) is -0.985. The third-order valence-corrected chi connectivity index (χ3v) is 3.82. The number of amides is 1. The van der Waals surface area contributed by atoms with Crippen molar-refractivity contribution < 1.29 is 22.7 Å². The maximum absolute atomic E-state index is 12.8. The van der Waals surface area contributed by atoms with Crippen LogP contribution in [0.15, 0.2) is 18.5 Å². The lowest BCUT2D eigenvalue weighted by Gasteiger charge is -2.28. The lowest BCUT2D eigenvalue weighted by atomic mass is 10.2. The standard InChI is InChI=1S/C16H22F3N3O2/c1-15(2,3)24-14(23)22-6-5-12(10-22)21(4)13-7-11(8-20-9-13)16(17,18)19/h7-9,12H,5-6,10H2,1-4H3/t12-/m0/s1. The first kappa shape index (κ1) is 18.4. The molecule has 1 aliphatic rings. The first-order valence-corrected chi connectivity index (χ1v) is 7.70. The van der Waals surface area contributed by atoms with Crippen molar-refractivity contribution in [2.75, 3.05) is 25.0 Å². The maximum atomic E-state index is 12.8. The van der Waals surface area contributed by atoms with E-state index in [9.17, 15) is 18.0 Å². The van der Waals surface area contributed by atoms with Crippen molar-refractivity contribution in [3.05, 3.63) is 24.0 Å². The Morgan fingerprint density at radius 1 is 1.33 bits per heavy atom. The zero-order valence-corrected chi connectivity index (χ0v) is 14.2. The molecule has 0 saturated carbocycles. The molecule has 0 spiro atoms. The number of ether oxygens (including phenoxy) is 1. The van der Waals surface area contributed by atoms with Crippen molar-refractivity contribution in [2.24, 2.45) is 0 Å². The number of anilines is 1. The van der Waals surface area contributed by atoms with Crippen molar-refractivity contribution in [1.82, 2.24) is 9.88 Å². The van der Waals surface area contributed by atoms with Crippen LogP contribution in [0.2, 0.25) is 0 Å². The van der Waals surface area contributed by atoms with Crippen molar-refractivity contribution in [3.63, 3.8) is 0 Å². The minimum absolute atomic E-state index is 0.0807. The molecule has 24 heavy (non-hydrogen) atoms. The number of halogens is 3. The molecule has 1 saturated heterocycles. The highest BCUT2D eigenvalue weighted by molar-refractivity contribution is 5.68. The predicted molar refractivity (Wildman–Crippen MR) is 83.9 cm³/mol. The van der Waals surface area contributed by atoms with Gasteiger partial charge in [-0.05, 0) is 33.3 Å². The van der Waals surface area contributed by atoms with E-state index in [1.165, 1.54) is 6.20 Å². The second-order valence-electron chi connectivity index (χ2n) is 6.91. The van der Waals surface area contributed by atoms with Crippen LogP contribution < -0.4 is 4.90 Å². The summed E-state index contributed by atoms with van der Waals surface area (Å²) < 4.78 is 43.7. The van der Waals surface area contributed by atoms with Crippen LogP contribution in [0.1, 0.15) is 32.8 Å². The normalized spacial score (nSPS) is 18.6. The van der Waals surface area contributed by atoms with Crippen LogP contribution in [0.4, 0.5) is 23.7 Å². The summed E-state index contributed by atoms with van der Waals surface area (Å²) in [6.45, 7) is 6.29. The second-order valence-corrected chi connectivity index (χ2v) is 6.91. The number of carbonyl (C=O) groups excluding carboxylic acids is 1. The molecule has 0 aliphatic carbocycles. The van der Waals surface area contributed by atoms with Gasteiger partial charge in [-0.1, -0.05) is 0 Å². The third kappa shape index (κ3) is 4.52. The van der Waals surface area contributed by atoms with Crippen LogP contribution in [-0.4, -0.2) is 47.8 Å². The molecule has 1 fully saturated rings. The molecule has 0 radical (unpaired) electrons. The van der Waals surface area contributed by atoms with E-state index in [0.717, 1.165) is 12.3 Å². The molecule has 2 heterocycles. The van der Waals surface area contributed by atoms with E-state index in [1.54, 1.807) is 37.6 Å². The van der Waals surface area contributed by atoms with E-state index in [2.05, 4.69) is 4.98 Å². The molecule has 1 aromatic heterocycles. The summed E-state index contributed by atoms with van der Waals surface area (Å²) in [5, 5.41) is 0. The number of alkyl halides is 3. The van der Waals surface area contributed by atoms with Crippen molar-refractivity contribution in [1.29, 1.82) is 0 Å².